The number of aryl methyl sites for hydroxylation is 1. The molecule has 9 heteroatoms. The second kappa shape index (κ2) is 11.2. The lowest BCUT2D eigenvalue weighted by molar-refractivity contribution is -0.135. The first kappa shape index (κ1) is 26.9. The molecule has 3 aromatic rings. The number of benzene rings is 2. The number of carbonyl (C=O) groups excluding carboxylic acids is 3. The zero-order valence-corrected chi connectivity index (χ0v) is 23.7. The van der Waals surface area contributed by atoms with Gasteiger partial charge in [0.2, 0.25) is 5.91 Å². The van der Waals surface area contributed by atoms with Gasteiger partial charge in [-0.15, -0.1) is 0 Å². The molecule has 0 radical (unpaired) electrons. The Hall–Kier alpha value is -2.74. The van der Waals surface area contributed by atoms with E-state index in [0.717, 1.165) is 71.6 Å². The SMILES string of the molecule is CCc1cccc2c(/C=C3\SC(=O)N(Cc4ccc(Cl)c(Cl)c4)C3=O)cn(CC(=O)N3CCCC[C@H]3C)c12. The van der Waals surface area contributed by atoms with Gasteiger partial charge in [0.1, 0.15) is 6.54 Å². The number of para-hydroxylation sites is 1. The highest BCUT2D eigenvalue weighted by molar-refractivity contribution is 8.18. The summed E-state index contributed by atoms with van der Waals surface area (Å²) >= 11 is 13.0. The minimum absolute atomic E-state index is 0.105. The van der Waals surface area contributed by atoms with Crippen LogP contribution in [0.15, 0.2) is 47.5 Å². The number of hydrogen-bond acceptors (Lipinski definition) is 4. The second-order valence-electron chi connectivity index (χ2n) is 9.83. The largest absolute Gasteiger partial charge is 0.338 e. The van der Waals surface area contributed by atoms with Crippen LogP contribution in [0.1, 0.15) is 49.8 Å². The first-order valence-electron chi connectivity index (χ1n) is 12.9. The molecular formula is C29H29Cl2N3O3S. The first-order chi connectivity index (χ1) is 18.3. The Morgan fingerprint density at radius 1 is 1.13 bits per heavy atom. The van der Waals surface area contributed by atoms with Gasteiger partial charge in [-0.05, 0) is 73.7 Å². The third-order valence-corrected chi connectivity index (χ3v) is 8.95. The molecule has 2 fully saturated rings. The Bertz CT molecular complexity index is 1460. The second-order valence-corrected chi connectivity index (χ2v) is 11.6. The number of rotatable bonds is 6. The summed E-state index contributed by atoms with van der Waals surface area (Å²) in [5.74, 6) is -0.245. The molecule has 6 nitrogen and oxygen atoms in total. The van der Waals surface area contributed by atoms with Gasteiger partial charge in [-0.25, -0.2) is 0 Å². The van der Waals surface area contributed by atoms with Crippen molar-refractivity contribution in [2.24, 2.45) is 0 Å². The summed E-state index contributed by atoms with van der Waals surface area (Å²) in [7, 11) is 0. The lowest BCUT2D eigenvalue weighted by Crippen LogP contribution is -2.43. The Morgan fingerprint density at radius 3 is 2.68 bits per heavy atom. The van der Waals surface area contributed by atoms with Gasteiger partial charge in [-0.2, -0.15) is 0 Å². The van der Waals surface area contributed by atoms with Crippen LogP contribution in [0.5, 0.6) is 0 Å². The molecule has 0 N–H and O–H groups in total. The van der Waals surface area contributed by atoms with E-state index < -0.39 is 0 Å². The number of likely N-dealkylation sites (tertiary alicyclic amines) is 1. The number of amides is 3. The van der Waals surface area contributed by atoms with Crippen molar-refractivity contribution in [1.29, 1.82) is 0 Å². The minimum Gasteiger partial charge on any atom is -0.338 e. The van der Waals surface area contributed by atoms with Crippen LogP contribution in [0.25, 0.3) is 17.0 Å². The Labute approximate surface area is 236 Å². The van der Waals surface area contributed by atoms with E-state index in [0.29, 0.717) is 15.0 Å². The van der Waals surface area contributed by atoms with E-state index in [-0.39, 0.29) is 36.2 Å². The summed E-state index contributed by atoms with van der Waals surface area (Å²) in [4.78, 5) is 42.9. The molecular weight excluding hydrogens is 541 g/mol. The van der Waals surface area contributed by atoms with Gasteiger partial charge in [0.15, 0.2) is 0 Å². The molecule has 3 heterocycles. The van der Waals surface area contributed by atoms with Gasteiger partial charge in [0.05, 0.1) is 27.0 Å². The number of aromatic nitrogens is 1. The minimum atomic E-state index is -0.350. The quantitative estimate of drug-likeness (QED) is 0.296. The first-order valence-corrected chi connectivity index (χ1v) is 14.4. The normalized spacial score (nSPS) is 19.3. The molecule has 2 aromatic carbocycles. The van der Waals surface area contributed by atoms with E-state index in [1.54, 1.807) is 24.3 Å². The number of carbonyl (C=O) groups is 3. The molecule has 5 rings (SSSR count). The number of thioether (sulfide) groups is 1. The smallest absolute Gasteiger partial charge is 0.293 e. The van der Waals surface area contributed by atoms with Crippen LogP contribution in [-0.4, -0.2) is 44.0 Å². The Kier molecular flexibility index (Phi) is 7.89. The van der Waals surface area contributed by atoms with Gasteiger partial charge < -0.3 is 9.47 Å². The average Bonchev–Trinajstić information content (AvgIpc) is 3.38. The number of hydrogen-bond donors (Lipinski definition) is 0. The monoisotopic (exact) mass is 569 g/mol. The van der Waals surface area contributed by atoms with E-state index >= 15 is 0 Å². The summed E-state index contributed by atoms with van der Waals surface area (Å²) in [5, 5.41) is 1.42. The van der Waals surface area contributed by atoms with Crippen LogP contribution in [0.4, 0.5) is 4.79 Å². The van der Waals surface area contributed by atoms with Crippen molar-refractivity contribution < 1.29 is 14.4 Å². The molecule has 2 saturated heterocycles. The van der Waals surface area contributed by atoms with Crippen molar-refractivity contribution in [3.63, 3.8) is 0 Å². The highest BCUT2D eigenvalue weighted by Crippen LogP contribution is 2.36. The number of fused-ring (bicyclic) bond motifs is 1. The predicted molar refractivity (Wildman–Crippen MR) is 154 cm³/mol. The maximum Gasteiger partial charge on any atom is 0.293 e. The topological polar surface area (TPSA) is 62.6 Å². The maximum absolute atomic E-state index is 13.3. The van der Waals surface area contributed by atoms with E-state index in [1.165, 1.54) is 4.90 Å². The molecule has 1 atom stereocenters. The third-order valence-electron chi connectivity index (χ3n) is 7.31. The predicted octanol–water partition coefficient (Wildman–Crippen LogP) is 7.15. The van der Waals surface area contributed by atoms with Crippen LogP contribution in [-0.2, 0) is 29.1 Å². The van der Waals surface area contributed by atoms with Gasteiger partial charge in [-0.1, -0.05) is 54.4 Å². The van der Waals surface area contributed by atoms with E-state index in [4.69, 9.17) is 23.2 Å². The number of imide groups is 1. The van der Waals surface area contributed by atoms with E-state index in [2.05, 4.69) is 19.9 Å². The molecule has 3 amide bonds. The molecule has 1 aromatic heterocycles. The number of halogens is 2. The van der Waals surface area contributed by atoms with Crippen LogP contribution in [0, 0.1) is 0 Å². The summed E-state index contributed by atoms with van der Waals surface area (Å²) in [6.07, 6.45) is 7.74. The van der Waals surface area contributed by atoms with Gasteiger partial charge in [0.25, 0.3) is 11.1 Å². The van der Waals surface area contributed by atoms with Crippen molar-refractivity contribution in [2.75, 3.05) is 6.54 Å². The fourth-order valence-corrected chi connectivity index (χ4v) is 6.44. The molecule has 0 bridgehead atoms. The standard InChI is InChI=1S/C29H29Cl2N3O3S/c1-3-20-8-6-9-22-21(16-32(27(20)22)17-26(35)33-12-5-4-7-18(33)2)14-25-28(36)34(29(37)38-25)15-19-10-11-23(30)24(31)13-19/h6,8-11,13-14,16,18H,3-5,7,12,15,17H2,1-2H3/b25-14-/t18-/m1/s1. The molecule has 38 heavy (non-hydrogen) atoms. The van der Waals surface area contributed by atoms with Crippen molar-refractivity contribution >= 4 is 69.0 Å². The third kappa shape index (κ3) is 5.24. The van der Waals surface area contributed by atoms with Gasteiger partial charge >= 0.3 is 0 Å². The molecule has 198 valence electrons. The zero-order valence-electron chi connectivity index (χ0n) is 21.4. The highest BCUT2D eigenvalue weighted by atomic mass is 35.5. The van der Waals surface area contributed by atoms with Crippen molar-refractivity contribution in [3.05, 3.63) is 74.2 Å². The molecule has 0 spiro atoms. The number of nitrogens with zero attached hydrogens (tertiary/aromatic N) is 3. The van der Waals surface area contributed by atoms with Crippen molar-refractivity contribution in [3.8, 4) is 0 Å². The Morgan fingerprint density at radius 2 is 1.95 bits per heavy atom. The van der Waals surface area contributed by atoms with Crippen LogP contribution >= 0.6 is 35.0 Å². The van der Waals surface area contributed by atoms with Crippen molar-refractivity contribution in [2.45, 2.75) is 58.7 Å². The highest BCUT2D eigenvalue weighted by Gasteiger charge is 2.35. The van der Waals surface area contributed by atoms with E-state index in [1.807, 2.05) is 27.8 Å². The zero-order chi connectivity index (χ0) is 27.0. The maximum atomic E-state index is 13.3. The fraction of sp³-hybridized carbons (Fsp3) is 0.345. The summed E-state index contributed by atoms with van der Waals surface area (Å²) < 4.78 is 2.00. The molecule has 2 aliphatic rings. The lowest BCUT2D eigenvalue weighted by atomic mass is 10.0. The molecule has 0 saturated carbocycles. The summed E-state index contributed by atoms with van der Waals surface area (Å²) in [6.45, 7) is 5.35. The lowest BCUT2D eigenvalue weighted by Gasteiger charge is -2.33. The average molecular weight is 571 g/mol. The summed E-state index contributed by atoms with van der Waals surface area (Å²) in [5.41, 5.74) is 3.66. The van der Waals surface area contributed by atoms with Crippen molar-refractivity contribution in [1.82, 2.24) is 14.4 Å². The van der Waals surface area contributed by atoms with Crippen LogP contribution in [0.2, 0.25) is 10.0 Å². The fourth-order valence-electron chi connectivity index (χ4n) is 5.29. The Balaban J connectivity index is 1.46. The van der Waals surface area contributed by atoms with Crippen LogP contribution in [0.3, 0.4) is 0 Å². The molecule has 0 aliphatic carbocycles. The van der Waals surface area contributed by atoms with Crippen LogP contribution < -0.4 is 0 Å². The van der Waals surface area contributed by atoms with Gasteiger partial charge in [-0.3, -0.25) is 19.3 Å². The summed E-state index contributed by atoms with van der Waals surface area (Å²) in [6, 6.07) is 11.4. The van der Waals surface area contributed by atoms with E-state index in [9.17, 15) is 14.4 Å². The molecule has 0 unspecified atom stereocenters. The number of piperidine rings is 1. The van der Waals surface area contributed by atoms with Gasteiger partial charge in [0, 0.05) is 29.7 Å². The molecule has 2 aliphatic heterocycles.